The zero-order valence-electron chi connectivity index (χ0n) is 15.4. The first-order valence-corrected chi connectivity index (χ1v) is 10.00. The third-order valence-electron chi connectivity index (χ3n) is 4.19. The van der Waals surface area contributed by atoms with Crippen LogP contribution in [0.4, 0.5) is 16.2 Å². The number of nitrogens with one attached hydrogen (secondary N) is 3. The molecule has 29 heavy (non-hydrogen) atoms. The number of hydrogen-bond acceptors (Lipinski definition) is 4. The predicted molar refractivity (Wildman–Crippen MR) is 117 cm³/mol. The molecule has 0 bridgehead atoms. The number of aromatic nitrogens is 2. The Labute approximate surface area is 171 Å². The molecule has 6 nitrogen and oxygen atoms in total. The van der Waals surface area contributed by atoms with Crippen molar-refractivity contribution in [1.82, 2.24) is 9.97 Å². The number of hydrogen-bond donors (Lipinski definition) is 3. The Kier molecular flexibility index (Phi) is 5.58. The number of para-hydroxylation sites is 3. The summed E-state index contributed by atoms with van der Waals surface area (Å²) in [6.07, 6.45) is 0. The molecule has 0 aliphatic heterocycles. The van der Waals surface area contributed by atoms with E-state index in [1.165, 1.54) is 11.8 Å². The molecule has 1 heterocycles. The number of fused-ring (bicyclic) bond motifs is 1. The number of amides is 2. The van der Waals surface area contributed by atoms with E-state index >= 15 is 0 Å². The van der Waals surface area contributed by atoms with E-state index < -0.39 is 0 Å². The summed E-state index contributed by atoms with van der Waals surface area (Å²) in [6.45, 7) is 0. The van der Waals surface area contributed by atoms with E-state index in [0.29, 0.717) is 17.1 Å². The van der Waals surface area contributed by atoms with Crippen LogP contribution in [-0.4, -0.2) is 16.0 Å². The molecule has 0 unspecified atom stereocenters. The van der Waals surface area contributed by atoms with Crippen molar-refractivity contribution in [1.29, 1.82) is 0 Å². The lowest BCUT2D eigenvalue weighted by Crippen LogP contribution is -2.19. The van der Waals surface area contributed by atoms with E-state index in [1.54, 1.807) is 0 Å². The van der Waals surface area contributed by atoms with E-state index in [1.807, 2.05) is 78.9 Å². The zero-order valence-corrected chi connectivity index (χ0v) is 16.2. The topological polar surface area (TPSA) is 86.9 Å². The molecule has 7 heteroatoms. The van der Waals surface area contributed by atoms with Crippen LogP contribution >= 0.6 is 11.8 Å². The summed E-state index contributed by atoms with van der Waals surface area (Å²) in [5, 5.41) is 5.56. The van der Waals surface area contributed by atoms with Crippen LogP contribution in [-0.2, 0) is 5.75 Å². The fourth-order valence-electron chi connectivity index (χ4n) is 2.77. The molecule has 0 aliphatic carbocycles. The molecule has 0 atom stereocenters. The minimum absolute atomic E-state index is 0.174. The molecule has 0 aliphatic rings. The van der Waals surface area contributed by atoms with E-state index in [2.05, 4.69) is 20.6 Å². The molecular formula is C22H18N4O2S. The number of urea groups is 1. The monoisotopic (exact) mass is 402 g/mol. The molecule has 4 rings (SSSR count). The highest BCUT2D eigenvalue weighted by molar-refractivity contribution is 7.98. The van der Waals surface area contributed by atoms with Crippen molar-refractivity contribution in [2.24, 2.45) is 0 Å². The van der Waals surface area contributed by atoms with Crippen molar-refractivity contribution in [3.8, 4) is 0 Å². The van der Waals surface area contributed by atoms with Gasteiger partial charge in [0.05, 0.1) is 11.0 Å². The first-order valence-electron chi connectivity index (χ1n) is 9.01. The van der Waals surface area contributed by atoms with Gasteiger partial charge in [0.25, 0.3) is 5.56 Å². The van der Waals surface area contributed by atoms with Gasteiger partial charge in [-0.2, -0.15) is 0 Å². The highest BCUT2D eigenvalue weighted by atomic mass is 32.2. The first kappa shape index (κ1) is 18.8. The lowest BCUT2D eigenvalue weighted by atomic mass is 10.3. The lowest BCUT2D eigenvalue weighted by molar-refractivity contribution is 0.262. The molecule has 0 fully saturated rings. The van der Waals surface area contributed by atoms with E-state index in [0.717, 1.165) is 21.6 Å². The Bertz CT molecular complexity index is 1190. The summed E-state index contributed by atoms with van der Waals surface area (Å²) in [5.74, 6) is 0.460. The largest absolute Gasteiger partial charge is 0.323 e. The third kappa shape index (κ3) is 4.83. The number of benzene rings is 3. The van der Waals surface area contributed by atoms with Gasteiger partial charge in [-0.3, -0.25) is 4.79 Å². The minimum Gasteiger partial charge on any atom is -0.319 e. The Morgan fingerprint density at radius 1 is 0.862 bits per heavy atom. The van der Waals surface area contributed by atoms with Crippen molar-refractivity contribution in [3.05, 3.63) is 94.9 Å². The van der Waals surface area contributed by atoms with Gasteiger partial charge in [0.15, 0.2) is 0 Å². The van der Waals surface area contributed by atoms with Crippen molar-refractivity contribution < 1.29 is 4.79 Å². The van der Waals surface area contributed by atoms with Crippen LogP contribution in [0, 0.1) is 0 Å². The molecule has 3 aromatic carbocycles. The summed E-state index contributed by atoms with van der Waals surface area (Å²) in [4.78, 5) is 32.5. The molecule has 1 aromatic heterocycles. The summed E-state index contributed by atoms with van der Waals surface area (Å²) >= 11 is 1.52. The second kappa shape index (κ2) is 8.62. The van der Waals surface area contributed by atoms with Gasteiger partial charge >= 0.3 is 6.03 Å². The average molecular weight is 402 g/mol. The van der Waals surface area contributed by atoms with Gasteiger partial charge in [-0.1, -0.05) is 30.3 Å². The Morgan fingerprint density at radius 3 is 2.28 bits per heavy atom. The van der Waals surface area contributed by atoms with E-state index in [4.69, 9.17) is 0 Å². The van der Waals surface area contributed by atoms with Gasteiger partial charge in [0, 0.05) is 22.0 Å². The maximum Gasteiger partial charge on any atom is 0.323 e. The number of nitrogens with zero attached hydrogens (tertiary/aromatic N) is 1. The second-order valence-corrected chi connectivity index (χ2v) is 7.34. The Balaban J connectivity index is 1.37. The number of aromatic amines is 1. The molecule has 3 N–H and O–H groups in total. The molecule has 4 aromatic rings. The van der Waals surface area contributed by atoms with Crippen LogP contribution in [0.3, 0.4) is 0 Å². The fraction of sp³-hybridized carbons (Fsp3) is 0.0455. The second-order valence-electron chi connectivity index (χ2n) is 6.29. The quantitative estimate of drug-likeness (QED) is 0.416. The van der Waals surface area contributed by atoms with Crippen LogP contribution in [0.2, 0.25) is 0 Å². The number of H-pyrrole nitrogens is 1. The number of thioether (sulfide) groups is 1. The third-order valence-corrected chi connectivity index (χ3v) is 5.21. The maximum absolute atomic E-state index is 12.2. The zero-order chi connectivity index (χ0) is 20.1. The summed E-state index contributed by atoms with van der Waals surface area (Å²) in [6, 6.07) is 23.9. The average Bonchev–Trinajstić information content (AvgIpc) is 2.74. The molecule has 0 radical (unpaired) electrons. The molecule has 144 valence electrons. The van der Waals surface area contributed by atoms with Crippen molar-refractivity contribution in [3.63, 3.8) is 0 Å². The summed E-state index contributed by atoms with van der Waals surface area (Å²) in [7, 11) is 0. The number of anilines is 2. The van der Waals surface area contributed by atoms with Crippen molar-refractivity contribution in [2.45, 2.75) is 10.6 Å². The Hall–Kier alpha value is -3.58. The highest BCUT2D eigenvalue weighted by Crippen LogP contribution is 2.23. The predicted octanol–water partition coefficient (Wildman–Crippen LogP) is 4.86. The van der Waals surface area contributed by atoms with E-state index in [9.17, 15) is 9.59 Å². The maximum atomic E-state index is 12.2. The smallest absolute Gasteiger partial charge is 0.319 e. The SMILES string of the molecule is O=C(Nc1ccccc1)Nc1ccc(SCc2nc3ccccc3[nH]c2=O)cc1. The fourth-order valence-corrected chi connectivity index (χ4v) is 3.59. The highest BCUT2D eigenvalue weighted by Gasteiger charge is 2.06. The van der Waals surface area contributed by atoms with Gasteiger partial charge in [-0.25, -0.2) is 9.78 Å². The number of carbonyl (C=O) groups excluding carboxylic acids is 1. The van der Waals surface area contributed by atoms with Gasteiger partial charge in [-0.15, -0.1) is 11.8 Å². The number of rotatable bonds is 5. The van der Waals surface area contributed by atoms with Gasteiger partial charge in [0.1, 0.15) is 5.69 Å². The summed E-state index contributed by atoms with van der Waals surface area (Å²) in [5.41, 5.74) is 3.22. The van der Waals surface area contributed by atoms with Crippen LogP contribution in [0.25, 0.3) is 11.0 Å². The lowest BCUT2D eigenvalue weighted by Gasteiger charge is -2.08. The van der Waals surface area contributed by atoms with Gasteiger partial charge in [0.2, 0.25) is 0 Å². The van der Waals surface area contributed by atoms with Crippen molar-refractivity contribution in [2.75, 3.05) is 10.6 Å². The van der Waals surface area contributed by atoms with Crippen LogP contribution in [0.1, 0.15) is 5.69 Å². The standard InChI is InChI=1S/C22H18N4O2S/c27-21-20(25-18-8-4-5-9-19(18)26-21)14-29-17-12-10-16(11-13-17)24-22(28)23-15-6-2-1-3-7-15/h1-13H,14H2,(H,26,27)(H2,23,24,28). The summed E-state index contributed by atoms with van der Waals surface area (Å²) < 4.78 is 0. The van der Waals surface area contributed by atoms with Crippen LogP contribution in [0.5, 0.6) is 0 Å². The minimum atomic E-state index is -0.302. The Morgan fingerprint density at radius 2 is 1.52 bits per heavy atom. The van der Waals surface area contributed by atoms with Crippen LogP contribution < -0.4 is 16.2 Å². The molecule has 0 spiro atoms. The molecule has 0 saturated carbocycles. The van der Waals surface area contributed by atoms with Gasteiger partial charge < -0.3 is 15.6 Å². The number of carbonyl (C=O) groups is 1. The molecule has 0 saturated heterocycles. The molecular weight excluding hydrogens is 384 g/mol. The first-order chi connectivity index (χ1) is 14.2. The van der Waals surface area contributed by atoms with Crippen LogP contribution in [0.15, 0.2) is 88.6 Å². The van der Waals surface area contributed by atoms with Gasteiger partial charge in [-0.05, 0) is 48.5 Å². The normalized spacial score (nSPS) is 10.6. The molecule has 2 amide bonds. The van der Waals surface area contributed by atoms with E-state index in [-0.39, 0.29) is 11.6 Å². The van der Waals surface area contributed by atoms with Crippen molar-refractivity contribution >= 4 is 40.2 Å².